The van der Waals surface area contributed by atoms with Gasteiger partial charge in [0.25, 0.3) is 11.7 Å². The number of benzene rings is 3. The topological polar surface area (TPSA) is 147 Å². The Hall–Kier alpha value is -4.03. The molecule has 0 bridgehead atoms. The van der Waals surface area contributed by atoms with Crippen molar-refractivity contribution in [2.45, 2.75) is 16.7 Å². The summed E-state index contributed by atoms with van der Waals surface area (Å²) in [6.07, 6.45) is 0. The number of phenols is 1. The number of sulfone groups is 1. The largest absolute Gasteiger partial charge is 0.507 e. The lowest BCUT2D eigenvalue weighted by atomic mass is 10.2. The molecular weight excluding hydrogens is 489 g/mol. The van der Waals surface area contributed by atoms with Gasteiger partial charge < -0.3 is 15.2 Å². The molecule has 174 valence electrons. The maximum atomic E-state index is 13.2. The van der Waals surface area contributed by atoms with Crippen LogP contribution in [0.4, 0.5) is 10.1 Å². The first-order chi connectivity index (χ1) is 16.1. The number of phenolic OH excluding ortho intramolecular Hbond substituents is 1. The summed E-state index contributed by atoms with van der Waals surface area (Å²) in [6.45, 7) is 1.67. The molecule has 0 aliphatic carbocycles. The molecule has 0 fully saturated rings. The van der Waals surface area contributed by atoms with Gasteiger partial charge in [0.05, 0.1) is 9.92 Å². The molecule has 0 aliphatic heterocycles. The second kappa shape index (κ2) is 9.08. The first-order valence-electron chi connectivity index (χ1n) is 9.51. The number of amides is 1. The van der Waals surface area contributed by atoms with Crippen molar-refractivity contribution in [2.75, 3.05) is 5.32 Å². The molecule has 1 amide bonds. The van der Waals surface area contributed by atoms with Crippen molar-refractivity contribution >= 4 is 33.0 Å². The van der Waals surface area contributed by atoms with E-state index < -0.39 is 32.2 Å². The van der Waals surface area contributed by atoms with E-state index in [2.05, 4.69) is 25.9 Å². The van der Waals surface area contributed by atoms with E-state index in [0.29, 0.717) is 11.3 Å². The SMILES string of the molecule is Cc1cc(NC(=O)c2nn[nH]n2)cc(Cl)c1Oc1ccc(O)c(S(=O)(=O)c2ccc(F)cc2)c1. The number of aromatic hydroxyl groups is 1. The van der Waals surface area contributed by atoms with Crippen LogP contribution in [-0.4, -0.2) is 40.1 Å². The number of ether oxygens (including phenoxy) is 1. The predicted molar refractivity (Wildman–Crippen MR) is 118 cm³/mol. The van der Waals surface area contributed by atoms with E-state index in [0.717, 1.165) is 36.4 Å². The predicted octanol–water partition coefficient (Wildman–Crippen LogP) is 3.88. The van der Waals surface area contributed by atoms with Gasteiger partial charge in [0, 0.05) is 11.8 Å². The van der Waals surface area contributed by atoms with Crippen molar-refractivity contribution < 1.29 is 27.4 Å². The molecule has 4 rings (SSSR count). The fourth-order valence-electron chi connectivity index (χ4n) is 3.01. The molecule has 0 atom stereocenters. The smallest absolute Gasteiger partial charge is 0.297 e. The molecule has 0 saturated heterocycles. The number of tetrazole rings is 1. The van der Waals surface area contributed by atoms with Crippen LogP contribution in [-0.2, 0) is 9.84 Å². The number of halogens is 2. The Morgan fingerprint density at radius 2 is 1.88 bits per heavy atom. The number of hydrogen-bond acceptors (Lipinski definition) is 8. The minimum absolute atomic E-state index is 0.0760. The summed E-state index contributed by atoms with van der Waals surface area (Å²) in [4.78, 5) is 11.5. The van der Waals surface area contributed by atoms with Gasteiger partial charge in [-0.05, 0) is 66.2 Å². The van der Waals surface area contributed by atoms with E-state index in [1.807, 2.05) is 0 Å². The van der Waals surface area contributed by atoms with E-state index in [-0.39, 0.29) is 27.2 Å². The van der Waals surface area contributed by atoms with Crippen LogP contribution >= 0.6 is 11.6 Å². The van der Waals surface area contributed by atoms with Crippen molar-refractivity contribution in [3.63, 3.8) is 0 Å². The van der Waals surface area contributed by atoms with Gasteiger partial charge in [-0.3, -0.25) is 4.79 Å². The average molecular weight is 504 g/mol. The molecule has 0 aliphatic rings. The van der Waals surface area contributed by atoms with Crippen LogP contribution in [0.1, 0.15) is 16.2 Å². The number of nitrogens with one attached hydrogen (secondary N) is 2. The Balaban J connectivity index is 1.62. The van der Waals surface area contributed by atoms with E-state index in [1.165, 1.54) is 12.1 Å². The van der Waals surface area contributed by atoms with Crippen molar-refractivity contribution in [2.24, 2.45) is 0 Å². The Morgan fingerprint density at radius 3 is 2.53 bits per heavy atom. The summed E-state index contributed by atoms with van der Waals surface area (Å²) in [5.74, 6) is -1.58. The van der Waals surface area contributed by atoms with E-state index in [4.69, 9.17) is 16.3 Å². The highest BCUT2D eigenvalue weighted by atomic mass is 35.5. The summed E-state index contributed by atoms with van der Waals surface area (Å²) < 4.78 is 44.9. The molecule has 34 heavy (non-hydrogen) atoms. The van der Waals surface area contributed by atoms with E-state index >= 15 is 0 Å². The van der Waals surface area contributed by atoms with Gasteiger partial charge in [0.15, 0.2) is 0 Å². The molecular formula is C21H15ClFN5O5S. The fraction of sp³-hybridized carbons (Fsp3) is 0.0476. The third-order valence-electron chi connectivity index (χ3n) is 4.60. The lowest BCUT2D eigenvalue weighted by molar-refractivity contribution is 0.101. The van der Waals surface area contributed by atoms with Gasteiger partial charge in [-0.15, -0.1) is 10.2 Å². The van der Waals surface area contributed by atoms with Crippen LogP contribution in [0.15, 0.2) is 64.4 Å². The Morgan fingerprint density at radius 1 is 1.15 bits per heavy atom. The second-order valence-corrected chi connectivity index (χ2v) is 9.31. The number of nitrogens with zero attached hydrogens (tertiary/aromatic N) is 3. The monoisotopic (exact) mass is 503 g/mol. The number of rotatable bonds is 6. The molecule has 0 spiro atoms. The first-order valence-corrected chi connectivity index (χ1v) is 11.4. The maximum Gasteiger partial charge on any atom is 0.297 e. The van der Waals surface area contributed by atoms with Crippen LogP contribution in [0.25, 0.3) is 0 Å². The molecule has 1 heterocycles. The normalized spacial score (nSPS) is 11.3. The molecule has 10 nitrogen and oxygen atoms in total. The summed E-state index contributed by atoms with van der Waals surface area (Å²) in [5.41, 5.74) is 0.863. The van der Waals surface area contributed by atoms with Gasteiger partial charge in [-0.1, -0.05) is 11.6 Å². The van der Waals surface area contributed by atoms with Crippen molar-refractivity contribution in [1.82, 2.24) is 20.6 Å². The zero-order chi connectivity index (χ0) is 24.5. The zero-order valence-electron chi connectivity index (χ0n) is 17.3. The van der Waals surface area contributed by atoms with Crippen LogP contribution in [0.2, 0.25) is 5.02 Å². The van der Waals surface area contributed by atoms with Gasteiger partial charge >= 0.3 is 0 Å². The lowest BCUT2D eigenvalue weighted by Gasteiger charge is -2.14. The number of H-pyrrole nitrogens is 1. The summed E-state index contributed by atoms with van der Waals surface area (Å²) >= 11 is 6.34. The molecule has 0 unspecified atom stereocenters. The quantitative estimate of drug-likeness (QED) is 0.336. The fourth-order valence-corrected chi connectivity index (χ4v) is 4.68. The third kappa shape index (κ3) is 4.67. The van der Waals surface area contributed by atoms with E-state index in [1.54, 1.807) is 13.0 Å². The number of aromatic amines is 1. The average Bonchev–Trinajstić information content (AvgIpc) is 3.33. The molecule has 4 aromatic rings. The summed E-state index contributed by atoms with van der Waals surface area (Å²) in [6, 6.07) is 10.9. The molecule has 0 radical (unpaired) electrons. The lowest BCUT2D eigenvalue weighted by Crippen LogP contribution is -2.14. The van der Waals surface area contributed by atoms with Crippen molar-refractivity contribution in [3.05, 3.63) is 76.8 Å². The number of anilines is 1. The van der Waals surface area contributed by atoms with Gasteiger partial charge in [0.1, 0.15) is 28.0 Å². The van der Waals surface area contributed by atoms with Crippen molar-refractivity contribution in [1.29, 1.82) is 0 Å². The molecule has 1 aromatic heterocycles. The number of hydrogen-bond donors (Lipinski definition) is 3. The second-order valence-electron chi connectivity index (χ2n) is 6.98. The first kappa shape index (κ1) is 23.1. The molecule has 3 aromatic carbocycles. The summed E-state index contributed by atoms with van der Waals surface area (Å²) in [5, 5.41) is 25.5. The maximum absolute atomic E-state index is 13.2. The highest BCUT2D eigenvalue weighted by Gasteiger charge is 2.23. The van der Waals surface area contributed by atoms with Gasteiger partial charge in [0.2, 0.25) is 9.84 Å². The Bertz CT molecular complexity index is 1460. The number of aryl methyl sites for hydroxylation is 1. The van der Waals surface area contributed by atoms with Crippen LogP contribution in [0, 0.1) is 12.7 Å². The van der Waals surface area contributed by atoms with Crippen LogP contribution < -0.4 is 10.1 Å². The van der Waals surface area contributed by atoms with Crippen LogP contribution in [0.5, 0.6) is 17.2 Å². The van der Waals surface area contributed by atoms with Gasteiger partial charge in [-0.25, -0.2) is 12.8 Å². The minimum atomic E-state index is -4.16. The standard InChI is InChI=1S/C21H15ClFN5O5S/c1-11-8-13(24-21(30)20-25-27-28-26-20)9-16(22)19(11)33-14-4-7-17(29)18(10-14)34(31,32)15-5-2-12(23)3-6-15/h2-10,29H,1H3,(H,24,30)(H,25,26,27,28). The summed E-state index contributed by atoms with van der Waals surface area (Å²) in [7, 11) is -4.16. The highest BCUT2D eigenvalue weighted by molar-refractivity contribution is 7.91. The molecule has 0 saturated carbocycles. The molecule has 3 N–H and O–H groups in total. The van der Waals surface area contributed by atoms with Crippen LogP contribution in [0.3, 0.4) is 0 Å². The zero-order valence-corrected chi connectivity index (χ0v) is 18.9. The molecule has 13 heteroatoms. The number of carbonyl (C=O) groups is 1. The number of carbonyl (C=O) groups excluding carboxylic acids is 1. The van der Waals surface area contributed by atoms with E-state index in [9.17, 15) is 22.7 Å². The van der Waals surface area contributed by atoms with Gasteiger partial charge in [-0.2, -0.15) is 5.21 Å². The van der Waals surface area contributed by atoms with Crippen molar-refractivity contribution in [3.8, 4) is 17.2 Å². The minimum Gasteiger partial charge on any atom is -0.507 e. The highest BCUT2D eigenvalue weighted by Crippen LogP contribution is 2.38. The number of aromatic nitrogens is 4. The Labute approximate surface area is 197 Å². The Kier molecular flexibility index (Phi) is 6.18. The third-order valence-corrected chi connectivity index (χ3v) is 6.68.